The molecule has 0 saturated heterocycles. The largest absolute Gasteiger partial charge is 0.395 e. The lowest BCUT2D eigenvalue weighted by atomic mass is 10.1. The fourth-order valence-electron chi connectivity index (χ4n) is 1.30. The first-order chi connectivity index (χ1) is 8.27. The van der Waals surface area contributed by atoms with Gasteiger partial charge in [0.05, 0.1) is 16.5 Å². The van der Waals surface area contributed by atoms with Crippen LogP contribution in [0.2, 0.25) is 5.02 Å². The van der Waals surface area contributed by atoms with Crippen molar-refractivity contribution in [3.8, 4) is 0 Å². The van der Waals surface area contributed by atoms with Crippen molar-refractivity contribution >= 4 is 21.6 Å². The van der Waals surface area contributed by atoms with Gasteiger partial charge in [0.25, 0.3) is 0 Å². The fourth-order valence-corrected chi connectivity index (χ4v) is 2.94. The van der Waals surface area contributed by atoms with Gasteiger partial charge in [0.2, 0.25) is 10.0 Å². The molecule has 0 aliphatic carbocycles. The van der Waals surface area contributed by atoms with Crippen LogP contribution < -0.4 is 4.72 Å². The molecule has 0 fully saturated rings. The first-order valence-electron chi connectivity index (χ1n) is 5.36. The minimum atomic E-state index is -3.82. The van der Waals surface area contributed by atoms with Gasteiger partial charge in [-0.1, -0.05) is 25.4 Å². The van der Waals surface area contributed by atoms with E-state index in [1.807, 2.05) is 0 Å². The summed E-state index contributed by atoms with van der Waals surface area (Å²) in [5.74, 6) is -0.751. The van der Waals surface area contributed by atoms with Crippen LogP contribution in [0, 0.1) is 11.7 Å². The summed E-state index contributed by atoms with van der Waals surface area (Å²) in [6.07, 6.45) is 0. The quantitative estimate of drug-likeness (QED) is 0.870. The van der Waals surface area contributed by atoms with Crippen LogP contribution in [0.3, 0.4) is 0 Å². The molecule has 0 aliphatic rings. The van der Waals surface area contributed by atoms with Crippen molar-refractivity contribution in [2.24, 2.45) is 5.92 Å². The molecule has 0 bridgehead atoms. The molecule has 1 rings (SSSR count). The maximum Gasteiger partial charge on any atom is 0.240 e. The number of hydrogen-bond acceptors (Lipinski definition) is 3. The number of hydrogen-bond donors (Lipinski definition) is 2. The Morgan fingerprint density at radius 2 is 2.06 bits per heavy atom. The van der Waals surface area contributed by atoms with Gasteiger partial charge in [-0.15, -0.1) is 0 Å². The number of aliphatic hydroxyl groups is 1. The maximum absolute atomic E-state index is 13.0. The van der Waals surface area contributed by atoms with E-state index in [0.29, 0.717) is 0 Å². The molecular formula is C11H15ClFNO3S. The summed E-state index contributed by atoms with van der Waals surface area (Å²) in [6, 6.07) is 2.55. The van der Waals surface area contributed by atoms with Gasteiger partial charge in [-0.3, -0.25) is 0 Å². The highest BCUT2D eigenvalue weighted by Gasteiger charge is 2.22. The van der Waals surface area contributed by atoms with Gasteiger partial charge < -0.3 is 5.11 Å². The van der Waals surface area contributed by atoms with E-state index in [-0.39, 0.29) is 22.4 Å². The highest BCUT2D eigenvalue weighted by Crippen LogP contribution is 2.20. The maximum atomic E-state index is 13.0. The Hall–Kier alpha value is -0.690. The minimum Gasteiger partial charge on any atom is -0.395 e. The van der Waals surface area contributed by atoms with Crippen molar-refractivity contribution in [3.63, 3.8) is 0 Å². The predicted octanol–water partition coefficient (Wildman–Crippen LogP) is 1.77. The van der Waals surface area contributed by atoms with Crippen LogP contribution in [-0.4, -0.2) is 26.2 Å². The van der Waals surface area contributed by atoms with Gasteiger partial charge in [0.1, 0.15) is 5.82 Å². The van der Waals surface area contributed by atoms with Gasteiger partial charge in [0, 0.05) is 6.04 Å². The summed E-state index contributed by atoms with van der Waals surface area (Å²) in [5, 5.41) is 8.83. The van der Waals surface area contributed by atoms with Gasteiger partial charge in [-0.25, -0.2) is 17.5 Å². The molecule has 18 heavy (non-hydrogen) atoms. The van der Waals surface area contributed by atoms with Crippen LogP contribution in [0.4, 0.5) is 4.39 Å². The first-order valence-corrected chi connectivity index (χ1v) is 7.22. The number of rotatable bonds is 5. The zero-order valence-electron chi connectivity index (χ0n) is 10.0. The molecule has 7 heteroatoms. The lowest BCUT2D eigenvalue weighted by molar-refractivity contribution is 0.227. The van der Waals surface area contributed by atoms with Crippen molar-refractivity contribution in [1.29, 1.82) is 0 Å². The molecule has 0 amide bonds. The topological polar surface area (TPSA) is 66.4 Å². The Kier molecular flexibility index (Phi) is 5.10. The van der Waals surface area contributed by atoms with E-state index in [1.165, 1.54) is 0 Å². The number of nitrogens with one attached hydrogen (secondary N) is 1. The summed E-state index contributed by atoms with van der Waals surface area (Å²) in [4.78, 5) is -0.131. The van der Waals surface area contributed by atoms with Crippen molar-refractivity contribution in [2.75, 3.05) is 6.61 Å². The average Bonchev–Trinajstić information content (AvgIpc) is 2.29. The van der Waals surface area contributed by atoms with Crippen LogP contribution in [-0.2, 0) is 10.0 Å². The highest BCUT2D eigenvalue weighted by molar-refractivity contribution is 7.89. The molecule has 0 aliphatic heterocycles. The molecule has 0 radical (unpaired) electrons. The van der Waals surface area contributed by atoms with E-state index in [4.69, 9.17) is 16.7 Å². The normalized spacial score (nSPS) is 13.9. The molecule has 102 valence electrons. The summed E-state index contributed by atoms with van der Waals surface area (Å²) in [5.41, 5.74) is 0. The van der Waals surface area contributed by atoms with E-state index in [9.17, 15) is 12.8 Å². The molecule has 0 heterocycles. The number of sulfonamides is 1. The fraction of sp³-hybridized carbons (Fsp3) is 0.455. The van der Waals surface area contributed by atoms with Gasteiger partial charge >= 0.3 is 0 Å². The third kappa shape index (κ3) is 3.65. The Morgan fingerprint density at radius 1 is 1.44 bits per heavy atom. The van der Waals surface area contributed by atoms with E-state index < -0.39 is 21.9 Å². The third-order valence-corrected chi connectivity index (χ3v) is 4.29. The third-order valence-electron chi connectivity index (χ3n) is 2.51. The molecule has 2 N–H and O–H groups in total. The second-order valence-electron chi connectivity index (χ2n) is 4.23. The van der Waals surface area contributed by atoms with E-state index in [2.05, 4.69) is 4.72 Å². The van der Waals surface area contributed by atoms with Crippen LogP contribution >= 0.6 is 11.6 Å². The summed E-state index contributed by atoms with van der Waals surface area (Å²) >= 11 is 5.54. The predicted molar refractivity (Wildman–Crippen MR) is 67.4 cm³/mol. The Bertz CT molecular complexity index is 519. The van der Waals surface area contributed by atoms with E-state index >= 15 is 0 Å². The second kappa shape index (κ2) is 5.97. The lowest BCUT2D eigenvalue weighted by Gasteiger charge is -2.19. The lowest BCUT2D eigenvalue weighted by Crippen LogP contribution is -2.41. The van der Waals surface area contributed by atoms with Gasteiger partial charge in [0.15, 0.2) is 0 Å². The Balaban J connectivity index is 3.02. The Labute approximate surface area is 111 Å². The van der Waals surface area contributed by atoms with Crippen LogP contribution in [0.5, 0.6) is 0 Å². The molecule has 0 unspecified atom stereocenters. The SMILES string of the molecule is CC(C)[C@@H](CO)NS(=O)(=O)c1ccc(F)c(Cl)c1. The molecule has 4 nitrogen and oxygen atoms in total. The van der Waals surface area contributed by atoms with Gasteiger partial charge in [-0.2, -0.15) is 0 Å². The van der Waals surface area contributed by atoms with Crippen molar-refractivity contribution in [2.45, 2.75) is 24.8 Å². The zero-order valence-corrected chi connectivity index (χ0v) is 11.6. The highest BCUT2D eigenvalue weighted by atomic mass is 35.5. The van der Waals surface area contributed by atoms with E-state index in [1.54, 1.807) is 13.8 Å². The summed E-state index contributed by atoms with van der Waals surface area (Å²) in [7, 11) is -3.82. The molecule has 0 saturated carbocycles. The standard InChI is InChI=1S/C11H15ClFNO3S/c1-7(2)11(6-15)14-18(16,17)8-3-4-10(13)9(12)5-8/h3-5,7,11,14-15H,6H2,1-2H3/t11-/m1/s1. The molecular weight excluding hydrogens is 281 g/mol. The number of halogens is 2. The second-order valence-corrected chi connectivity index (χ2v) is 6.35. The summed E-state index contributed by atoms with van der Waals surface area (Å²) < 4.78 is 39.2. The van der Waals surface area contributed by atoms with E-state index in [0.717, 1.165) is 18.2 Å². The zero-order chi connectivity index (χ0) is 13.9. The van der Waals surface area contributed by atoms with Crippen LogP contribution in [0.25, 0.3) is 0 Å². The monoisotopic (exact) mass is 295 g/mol. The molecule has 1 aromatic rings. The van der Waals surface area contributed by atoms with Crippen molar-refractivity contribution in [1.82, 2.24) is 4.72 Å². The average molecular weight is 296 g/mol. The molecule has 0 aromatic heterocycles. The minimum absolute atomic E-state index is 0.0688. The molecule has 0 spiro atoms. The first kappa shape index (κ1) is 15.4. The molecule has 1 atom stereocenters. The van der Waals surface area contributed by atoms with Crippen LogP contribution in [0.15, 0.2) is 23.1 Å². The van der Waals surface area contributed by atoms with Gasteiger partial charge in [-0.05, 0) is 24.1 Å². The summed E-state index contributed by atoms with van der Waals surface area (Å²) in [6.45, 7) is 3.24. The van der Waals surface area contributed by atoms with Crippen LogP contribution in [0.1, 0.15) is 13.8 Å². The smallest absolute Gasteiger partial charge is 0.240 e. The Morgan fingerprint density at radius 3 is 2.50 bits per heavy atom. The number of benzene rings is 1. The van der Waals surface area contributed by atoms with Crippen molar-refractivity contribution < 1.29 is 17.9 Å². The molecule has 1 aromatic carbocycles. The number of aliphatic hydroxyl groups excluding tert-OH is 1. The van der Waals surface area contributed by atoms with Crippen molar-refractivity contribution in [3.05, 3.63) is 29.0 Å².